The second kappa shape index (κ2) is 9.35. The van der Waals surface area contributed by atoms with Crippen molar-refractivity contribution in [2.45, 2.75) is 27.7 Å². The first kappa shape index (κ1) is 10.0. The third-order valence-corrected chi connectivity index (χ3v) is 0.365. The molecule has 0 fully saturated rings. The third-order valence-electron chi connectivity index (χ3n) is 0.365. The van der Waals surface area contributed by atoms with Crippen LogP contribution >= 0.6 is 0 Å². The molecule has 1 heteroatoms. The topological polar surface area (TPSA) is 20.2 Å². The molecule has 0 atom stereocenters. The van der Waals surface area contributed by atoms with Gasteiger partial charge in [-0.25, -0.2) is 0 Å². The molecule has 46 valence electrons. The van der Waals surface area contributed by atoms with Crippen LogP contribution in [-0.4, -0.2) is 11.7 Å². The van der Waals surface area contributed by atoms with Gasteiger partial charge in [0.25, 0.3) is 0 Å². The van der Waals surface area contributed by atoms with Crippen LogP contribution in [0.2, 0.25) is 0 Å². The molecule has 0 aromatic rings. The van der Waals surface area contributed by atoms with E-state index in [2.05, 4.69) is 0 Å². The predicted molar refractivity (Wildman–Crippen MR) is 33.3 cm³/mol. The lowest BCUT2D eigenvalue weighted by Gasteiger charge is -1.90. The summed E-state index contributed by atoms with van der Waals surface area (Å²) in [6.45, 7) is 8.25. The van der Waals surface area contributed by atoms with E-state index in [1.54, 1.807) is 0 Å². The second-order valence-corrected chi connectivity index (χ2v) is 1.58. The third kappa shape index (κ3) is 24.3. The maximum Gasteiger partial charge on any atom is 0.0453 e. The zero-order valence-electron chi connectivity index (χ0n) is 5.73. The molecule has 0 aliphatic rings. The van der Waals surface area contributed by atoms with Crippen molar-refractivity contribution in [3.05, 3.63) is 0 Å². The maximum atomic E-state index is 8.14. The average molecular weight is 104 g/mol. The van der Waals surface area contributed by atoms with E-state index in [-0.39, 0.29) is 0 Å². The van der Waals surface area contributed by atoms with Crippen molar-refractivity contribution >= 4 is 0 Å². The zero-order valence-corrected chi connectivity index (χ0v) is 5.73. The number of aliphatic hydroxyl groups is 1. The van der Waals surface area contributed by atoms with Crippen molar-refractivity contribution in [3.8, 4) is 0 Å². The minimum absolute atomic E-state index is 0.306. The molecule has 1 N–H and O–H groups in total. The lowest BCUT2D eigenvalue weighted by atomic mass is 10.2. The summed E-state index contributed by atoms with van der Waals surface area (Å²) in [5, 5.41) is 8.14. The summed E-state index contributed by atoms with van der Waals surface area (Å²) in [6, 6.07) is 0. The van der Waals surface area contributed by atoms with E-state index in [9.17, 15) is 0 Å². The molecule has 0 aromatic carbocycles. The Bertz CT molecular complexity index is 18.1. The Morgan fingerprint density at radius 2 is 1.43 bits per heavy atom. The standard InChI is InChI=1S/C4H10O.C2H6/c1-4(2)3-5;1-2/h4-5H,3H2,1-2H3;1-2H3. The molecule has 1 nitrogen and oxygen atoms in total. The van der Waals surface area contributed by atoms with E-state index in [1.807, 2.05) is 27.7 Å². The van der Waals surface area contributed by atoms with E-state index in [0.29, 0.717) is 12.5 Å². The Kier molecular flexibility index (Phi) is 13.4. The van der Waals surface area contributed by atoms with Crippen LogP contribution in [0.1, 0.15) is 27.7 Å². The van der Waals surface area contributed by atoms with Crippen LogP contribution < -0.4 is 0 Å². The lowest BCUT2D eigenvalue weighted by Crippen LogP contribution is -1.90. The summed E-state index contributed by atoms with van der Waals surface area (Å²) >= 11 is 0. The monoisotopic (exact) mass is 104 g/mol. The van der Waals surface area contributed by atoms with Crippen molar-refractivity contribution < 1.29 is 5.11 Å². The molecule has 0 aliphatic carbocycles. The quantitative estimate of drug-likeness (QED) is 0.536. The van der Waals surface area contributed by atoms with E-state index in [4.69, 9.17) is 5.11 Å². The van der Waals surface area contributed by atoms with Gasteiger partial charge in [0.1, 0.15) is 0 Å². The molecule has 0 aromatic heterocycles. The Morgan fingerprint density at radius 1 is 1.29 bits per heavy atom. The molecule has 0 spiro atoms. The van der Waals surface area contributed by atoms with Gasteiger partial charge in [0.05, 0.1) is 0 Å². The molecule has 0 saturated heterocycles. The van der Waals surface area contributed by atoms with Crippen LogP contribution in [0.4, 0.5) is 0 Å². The molecule has 0 aliphatic heterocycles. The highest BCUT2D eigenvalue weighted by molar-refractivity contribution is 4.32. The smallest absolute Gasteiger partial charge is 0.0453 e. The van der Waals surface area contributed by atoms with Gasteiger partial charge in [0.15, 0.2) is 0 Å². The van der Waals surface area contributed by atoms with Crippen LogP contribution in [0, 0.1) is 5.92 Å². The molecule has 0 bridgehead atoms. The van der Waals surface area contributed by atoms with E-state index in [1.165, 1.54) is 0 Å². The molecule has 0 unspecified atom stereocenters. The molecule has 0 radical (unpaired) electrons. The molecule has 0 saturated carbocycles. The van der Waals surface area contributed by atoms with Crippen molar-refractivity contribution in [2.75, 3.05) is 6.61 Å². The Hall–Kier alpha value is -0.0400. The highest BCUT2D eigenvalue weighted by Gasteiger charge is 1.81. The number of hydrogen-bond acceptors (Lipinski definition) is 1. The van der Waals surface area contributed by atoms with Gasteiger partial charge in [0.2, 0.25) is 0 Å². The number of aliphatic hydroxyl groups excluding tert-OH is 1. The minimum Gasteiger partial charge on any atom is -0.396 e. The Balaban J connectivity index is 0. The molecule has 0 heterocycles. The van der Waals surface area contributed by atoms with Crippen LogP contribution in [-0.2, 0) is 0 Å². The number of rotatable bonds is 1. The first-order valence-electron chi connectivity index (χ1n) is 2.88. The fraction of sp³-hybridized carbons (Fsp3) is 1.00. The summed E-state index contributed by atoms with van der Waals surface area (Å²) in [4.78, 5) is 0. The fourth-order valence-electron chi connectivity index (χ4n) is 0. The summed E-state index contributed by atoms with van der Waals surface area (Å²) < 4.78 is 0. The minimum atomic E-state index is 0.306. The maximum absolute atomic E-state index is 8.14. The van der Waals surface area contributed by atoms with Crippen molar-refractivity contribution in [1.29, 1.82) is 0 Å². The predicted octanol–water partition coefficient (Wildman–Crippen LogP) is 1.66. The van der Waals surface area contributed by atoms with Gasteiger partial charge < -0.3 is 5.11 Å². The normalized spacial score (nSPS) is 7.71. The van der Waals surface area contributed by atoms with Gasteiger partial charge in [-0.05, 0) is 5.92 Å². The second-order valence-electron chi connectivity index (χ2n) is 1.58. The summed E-state index contributed by atoms with van der Waals surface area (Å²) in [6.07, 6.45) is 0. The van der Waals surface area contributed by atoms with Gasteiger partial charge in [-0.2, -0.15) is 0 Å². The van der Waals surface area contributed by atoms with Crippen molar-refractivity contribution in [1.82, 2.24) is 0 Å². The summed E-state index contributed by atoms with van der Waals surface area (Å²) in [5.74, 6) is 0.440. The zero-order chi connectivity index (χ0) is 6.28. The fourth-order valence-corrected chi connectivity index (χ4v) is 0. The molecular weight excluding hydrogens is 88.1 g/mol. The molecule has 0 amide bonds. The van der Waals surface area contributed by atoms with E-state index in [0.717, 1.165) is 0 Å². The first-order chi connectivity index (χ1) is 3.27. The van der Waals surface area contributed by atoms with Gasteiger partial charge in [-0.3, -0.25) is 0 Å². The van der Waals surface area contributed by atoms with E-state index >= 15 is 0 Å². The average Bonchev–Trinajstić information content (AvgIpc) is 1.73. The summed E-state index contributed by atoms with van der Waals surface area (Å²) in [5.41, 5.74) is 0. The molecule has 7 heavy (non-hydrogen) atoms. The van der Waals surface area contributed by atoms with Crippen molar-refractivity contribution in [3.63, 3.8) is 0 Å². The first-order valence-corrected chi connectivity index (χ1v) is 2.88. The van der Waals surface area contributed by atoms with Gasteiger partial charge >= 0.3 is 0 Å². The SMILES string of the molecule is CC.CC(C)CO. The van der Waals surface area contributed by atoms with Gasteiger partial charge in [-0.1, -0.05) is 27.7 Å². The number of hydrogen-bond donors (Lipinski definition) is 1. The van der Waals surface area contributed by atoms with Crippen LogP contribution in [0.15, 0.2) is 0 Å². The molecule has 0 rings (SSSR count). The highest BCUT2D eigenvalue weighted by atomic mass is 16.3. The highest BCUT2D eigenvalue weighted by Crippen LogP contribution is 1.83. The largest absolute Gasteiger partial charge is 0.396 e. The van der Waals surface area contributed by atoms with E-state index < -0.39 is 0 Å². The lowest BCUT2D eigenvalue weighted by molar-refractivity contribution is 0.248. The summed E-state index contributed by atoms with van der Waals surface area (Å²) in [7, 11) is 0. The van der Waals surface area contributed by atoms with Crippen LogP contribution in [0.3, 0.4) is 0 Å². The van der Waals surface area contributed by atoms with Gasteiger partial charge in [-0.15, -0.1) is 0 Å². The van der Waals surface area contributed by atoms with Crippen molar-refractivity contribution in [2.24, 2.45) is 5.92 Å². The van der Waals surface area contributed by atoms with Crippen LogP contribution in [0.25, 0.3) is 0 Å². The molecular formula is C6H16O. The van der Waals surface area contributed by atoms with Crippen LogP contribution in [0.5, 0.6) is 0 Å². The Labute approximate surface area is 46.4 Å². The Morgan fingerprint density at radius 3 is 1.43 bits per heavy atom. The van der Waals surface area contributed by atoms with Gasteiger partial charge in [0, 0.05) is 6.61 Å².